The number of rotatable bonds is 3. The Morgan fingerprint density at radius 1 is 1.42 bits per heavy atom. The Bertz CT molecular complexity index is 644. The molecular weight excluding hydrogens is 266 g/mol. The molecule has 1 aromatic heterocycles. The molecule has 0 atom stereocenters. The van der Waals surface area contributed by atoms with Gasteiger partial charge < -0.3 is 16.2 Å². The van der Waals surface area contributed by atoms with E-state index in [-0.39, 0.29) is 22.3 Å². The van der Waals surface area contributed by atoms with Crippen molar-refractivity contribution in [1.29, 1.82) is 5.41 Å². The highest BCUT2D eigenvalue weighted by molar-refractivity contribution is 6.32. The van der Waals surface area contributed by atoms with E-state index in [1.807, 2.05) is 0 Å². The van der Waals surface area contributed by atoms with E-state index in [0.717, 1.165) is 0 Å². The summed E-state index contributed by atoms with van der Waals surface area (Å²) in [7, 11) is 1.68. The van der Waals surface area contributed by atoms with Crippen LogP contribution in [0.2, 0.25) is 5.02 Å². The van der Waals surface area contributed by atoms with Crippen LogP contribution in [0, 0.1) is 5.41 Å². The fourth-order valence-corrected chi connectivity index (χ4v) is 1.77. The highest BCUT2D eigenvalue weighted by Gasteiger charge is 2.16. The number of nitrogens with one attached hydrogen (secondary N) is 2. The maximum atomic E-state index is 9.58. The first-order chi connectivity index (χ1) is 9.04. The van der Waals surface area contributed by atoms with Crippen molar-refractivity contribution in [3.05, 3.63) is 40.7 Å². The van der Waals surface area contributed by atoms with Crippen molar-refractivity contribution in [3.8, 4) is 5.75 Å². The monoisotopic (exact) mass is 277 g/mol. The number of nitrogens with two attached hydrogens (primary N) is 1. The first kappa shape index (κ1) is 13.1. The summed E-state index contributed by atoms with van der Waals surface area (Å²) >= 11 is 5.74. The number of anilines is 2. The lowest BCUT2D eigenvalue weighted by molar-refractivity contribution is 0.475. The lowest BCUT2D eigenvalue weighted by atomic mass is 10.0. The molecule has 0 saturated carbocycles. The Morgan fingerprint density at radius 2 is 2.16 bits per heavy atom. The summed E-state index contributed by atoms with van der Waals surface area (Å²) in [5.41, 5.74) is 6.74. The minimum atomic E-state index is -0.0923. The van der Waals surface area contributed by atoms with E-state index in [2.05, 4.69) is 15.3 Å². The van der Waals surface area contributed by atoms with Gasteiger partial charge in [0.05, 0.1) is 16.3 Å². The van der Waals surface area contributed by atoms with E-state index in [1.165, 1.54) is 18.5 Å². The molecule has 0 bridgehead atoms. The number of hydrogen-bond donors (Lipinski definition) is 4. The van der Waals surface area contributed by atoms with Crippen LogP contribution < -0.4 is 11.1 Å². The van der Waals surface area contributed by atoms with Gasteiger partial charge in [0, 0.05) is 12.6 Å². The Morgan fingerprint density at radius 3 is 2.79 bits per heavy atom. The van der Waals surface area contributed by atoms with Crippen LogP contribution in [0.4, 0.5) is 11.6 Å². The average molecular weight is 278 g/mol. The van der Waals surface area contributed by atoms with Gasteiger partial charge in [-0.3, -0.25) is 5.41 Å². The predicted molar refractivity (Wildman–Crippen MR) is 75.0 cm³/mol. The maximum Gasteiger partial charge on any atom is 0.140 e. The fraction of sp³-hybridized carbons (Fsp3) is 0.0833. The van der Waals surface area contributed by atoms with Crippen LogP contribution in [0.1, 0.15) is 11.1 Å². The minimum Gasteiger partial charge on any atom is -0.506 e. The van der Waals surface area contributed by atoms with Gasteiger partial charge in [-0.1, -0.05) is 17.7 Å². The highest BCUT2D eigenvalue weighted by Crippen LogP contribution is 2.27. The smallest absolute Gasteiger partial charge is 0.140 e. The Kier molecular flexibility index (Phi) is 3.52. The van der Waals surface area contributed by atoms with E-state index >= 15 is 0 Å². The third-order valence-electron chi connectivity index (χ3n) is 2.60. The van der Waals surface area contributed by atoms with Crippen LogP contribution in [0.3, 0.4) is 0 Å². The van der Waals surface area contributed by atoms with E-state index in [1.54, 1.807) is 13.1 Å². The molecule has 7 heteroatoms. The molecule has 0 aliphatic heterocycles. The van der Waals surface area contributed by atoms with Gasteiger partial charge in [-0.2, -0.15) is 0 Å². The minimum absolute atomic E-state index is 0.0923. The molecular formula is C12H12ClN5O. The first-order valence-corrected chi connectivity index (χ1v) is 5.78. The highest BCUT2D eigenvalue weighted by atomic mass is 35.5. The number of phenolic OH excluding ortho intramolecular Hbond substituents is 1. The average Bonchev–Trinajstić information content (AvgIpc) is 2.40. The van der Waals surface area contributed by atoms with E-state index in [4.69, 9.17) is 22.7 Å². The molecule has 1 heterocycles. The van der Waals surface area contributed by atoms with Crippen molar-refractivity contribution in [2.24, 2.45) is 0 Å². The summed E-state index contributed by atoms with van der Waals surface area (Å²) in [5, 5.41) is 20.8. The molecule has 0 spiro atoms. The predicted octanol–water partition coefficient (Wildman–Crippen LogP) is 1.88. The van der Waals surface area contributed by atoms with Gasteiger partial charge >= 0.3 is 0 Å². The van der Waals surface area contributed by atoms with Crippen molar-refractivity contribution in [2.45, 2.75) is 0 Å². The van der Waals surface area contributed by atoms with Crippen molar-refractivity contribution in [3.63, 3.8) is 0 Å². The summed E-state index contributed by atoms with van der Waals surface area (Å²) in [6.45, 7) is 0. The Hall–Kier alpha value is -2.34. The SMILES string of the molecule is CNc1ncnc(N)c1C(=N)c1ccc(Cl)c(O)c1. The molecule has 0 aliphatic rings. The standard InChI is InChI=1S/C12H12ClN5O/c1-16-12-9(11(15)17-5-18-12)10(14)6-2-3-7(13)8(19)4-6/h2-5,14,19H,1H3,(H3,15,16,17,18). The molecule has 2 aromatic rings. The Balaban J connectivity index is 2.52. The lowest BCUT2D eigenvalue weighted by Crippen LogP contribution is -2.12. The second-order valence-corrected chi connectivity index (χ2v) is 4.18. The van der Waals surface area contributed by atoms with Gasteiger partial charge in [-0.05, 0) is 12.1 Å². The van der Waals surface area contributed by atoms with Crippen LogP contribution in [-0.2, 0) is 0 Å². The van der Waals surface area contributed by atoms with Gasteiger partial charge in [0.25, 0.3) is 0 Å². The zero-order chi connectivity index (χ0) is 14.0. The number of aromatic hydroxyl groups is 1. The van der Waals surface area contributed by atoms with Crippen molar-refractivity contribution >= 4 is 28.9 Å². The number of halogens is 1. The molecule has 0 saturated heterocycles. The van der Waals surface area contributed by atoms with Crippen LogP contribution in [0.15, 0.2) is 24.5 Å². The van der Waals surface area contributed by atoms with Gasteiger partial charge in [0.15, 0.2) is 0 Å². The second-order valence-electron chi connectivity index (χ2n) is 3.77. The van der Waals surface area contributed by atoms with Gasteiger partial charge in [0.2, 0.25) is 0 Å². The van der Waals surface area contributed by atoms with Crippen LogP contribution in [0.25, 0.3) is 0 Å². The van der Waals surface area contributed by atoms with Gasteiger partial charge in [0.1, 0.15) is 23.7 Å². The summed E-state index contributed by atoms with van der Waals surface area (Å²) in [6.07, 6.45) is 1.32. The quantitative estimate of drug-likeness (QED) is 0.641. The largest absolute Gasteiger partial charge is 0.506 e. The Labute approximate surface area is 114 Å². The molecule has 6 nitrogen and oxygen atoms in total. The van der Waals surface area contributed by atoms with Crippen molar-refractivity contribution in [1.82, 2.24) is 9.97 Å². The normalized spacial score (nSPS) is 10.2. The number of nitrogens with zero attached hydrogens (tertiary/aromatic N) is 2. The fourth-order valence-electron chi connectivity index (χ4n) is 1.65. The molecule has 5 N–H and O–H groups in total. The zero-order valence-electron chi connectivity index (χ0n) is 10.1. The van der Waals surface area contributed by atoms with Crippen molar-refractivity contribution < 1.29 is 5.11 Å². The first-order valence-electron chi connectivity index (χ1n) is 5.40. The number of benzene rings is 1. The second kappa shape index (κ2) is 5.11. The van der Waals surface area contributed by atoms with Crippen LogP contribution in [0.5, 0.6) is 5.75 Å². The molecule has 98 valence electrons. The number of aromatic nitrogens is 2. The van der Waals surface area contributed by atoms with Gasteiger partial charge in [-0.15, -0.1) is 0 Å². The molecule has 1 aromatic carbocycles. The van der Waals surface area contributed by atoms with E-state index in [0.29, 0.717) is 16.9 Å². The number of phenols is 1. The van der Waals surface area contributed by atoms with E-state index in [9.17, 15) is 5.11 Å². The third kappa shape index (κ3) is 2.43. The van der Waals surface area contributed by atoms with Gasteiger partial charge in [-0.25, -0.2) is 9.97 Å². The topological polar surface area (TPSA) is 108 Å². The van der Waals surface area contributed by atoms with E-state index < -0.39 is 0 Å². The summed E-state index contributed by atoms with van der Waals surface area (Å²) in [4.78, 5) is 7.88. The van der Waals surface area contributed by atoms with Crippen molar-refractivity contribution in [2.75, 3.05) is 18.1 Å². The molecule has 0 radical (unpaired) electrons. The maximum absolute atomic E-state index is 9.58. The summed E-state index contributed by atoms with van der Waals surface area (Å²) in [5.74, 6) is 0.552. The van der Waals surface area contributed by atoms with Crippen LogP contribution in [-0.4, -0.2) is 27.8 Å². The molecule has 0 fully saturated rings. The number of hydrogen-bond acceptors (Lipinski definition) is 6. The molecule has 2 rings (SSSR count). The lowest BCUT2D eigenvalue weighted by Gasteiger charge is -2.11. The zero-order valence-corrected chi connectivity index (χ0v) is 10.9. The molecule has 0 amide bonds. The molecule has 19 heavy (non-hydrogen) atoms. The van der Waals surface area contributed by atoms with Crippen LogP contribution >= 0.6 is 11.6 Å². The third-order valence-corrected chi connectivity index (χ3v) is 2.92. The summed E-state index contributed by atoms with van der Waals surface area (Å²) in [6, 6.07) is 4.53. The molecule has 0 unspecified atom stereocenters. The number of nitrogen functional groups attached to an aromatic ring is 1. The molecule has 0 aliphatic carbocycles. The summed E-state index contributed by atoms with van der Waals surface area (Å²) < 4.78 is 0.